The Balaban J connectivity index is 1.98. The molecule has 2 nitrogen and oxygen atoms in total. The van der Waals surface area contributed by atoms with Gasteiger partial charge in [0.05, 0.1) is 0 Å². The topological polar surface area (TPSA) is 34.1 Å². The highest BCUT2D eigenvalue weighted by Gasteiger charge is 2.64. The summed E-state index contributed by atoms with van der Waals surface area (Å²) in [6.45, 7) is 6.45. The number of fused-ring (bicyclic) bond motifs is 2. The lowest BCUT2D eigenvalue weighted by atomic mass is 9.70. The highest BCUT2D eigenvalue weighted by Crippen LogP contribution is 2.65. The quantitative estimate of drug-likeness (QED) is 0.686. The molecule has 2 bridgehead atoms. The maximum Gasteiger partial charge on any atom is 0.165 e. The van der Waals surface area contributed by atoms with E-state index in [2.05, 4.69) is 20.8 Å². The number of rotatable bonds is 2. The fourth-order valence-electron chi connectivity index (χ4n) is 3.73. The molecule has 0 aromatic carbocycles. The number of hydrogen-bond acceptors (Lipinski definition) is 2. The number of allylic oxidation sites excluding steroid dienone is 2. The second-order valence-electron chi connectivity index (χ2n) is 6.75. The van der Waals surface area contributed by atoms with E-state index in [1.165, 1.54) is 0 Å². The summed E-state index contributed by atoms with van der Waals surface area (Å²) in [6.07, 6.45) is 5.78. The molecule has 0 N–H and O–H groups in total. The molecule has 0 aliphatic heterocycles. The lowest BCUT2D eigenvalue weighted by Gasteiger charge is -2.31. The number of Topliss-reactive ketones (excluding diaryl/α,β-unsaturated/α-hetero) is 1. The van der Waals surface area contributed by atoms with Crippen LogP contribution in [0.15, 0.2) is 11.6 Å². The van der Waals surface area contributed by atoms with Gasteiger partial charge in [0.25, 0.3) is 0 Å². The average molecular weight is 232 g/mol. The van der Waals surface area contributed by atoms with Gasteiger partial charge in [0.2, 0.25) is 0 Å². The number of carbonyl (C=O) groups is 2. The Morgan fingerprint density at radius 1 is 1.24 bits per heavy atom. The van der Waals surface area contributed by atoms with Crippen LogP contribution in [0.5, 0.6) is 0 Å². The summed E-state index contributed by atoms with van der Waals surface area (Å²) in [4.78, 5) is 24.3. The highest BCUT2D eigenvalue weighted by molar-refractivity contribution is 6.09. The van der Waals surface area contributed by atoms with E-state index in [4.69, 9.17) is 0 Å². The average Bonchev–Trinajstić information content (AvgIpc) is 3.03. The molecule has 0 aromatic rings. The summed E-state index contributed by atoms with van der Waals surface area (Å²) in [5.74, 6) is 0.973. The van der Waals surface area contributed by atoms with Crippen molar-refractivity contribution < 1.29 is 9.59 Å². The predicted octanol–water partition coefficient (Wildman–Crippen LogP) is 2.92. The first-order valence-electron chi connectivity index (χ1n) is 6.68. The van der Waals surface area contributed by atoms with Crippen LogP contribution in [-0.4, -0.2) is 11.6 Å². The van der Waals surface area contributed by atoms with E-state index in [0.717, 1.165) is 31.3 Å². The molecule has 0 heterocycles. The van der Waals surface area contributed by atoms with Gasteiger partial charge in [0.15, 0.2) is 11.6 Å². The Labute approximate surface area is 102 Å². The van der Waals surface area contributed by atoms with Crippen LogP contribution in [0.4, 0.5) is 0 Å². The first kappa shape index (κ1) is 11.2. The Hall–Kier alpha value is -0.920. The van der Waals surface area contributed by atoms with Crippen molar-refractivity contribution in [1.29, 1.82) is 0 Å². The third-order valence-electron chi connectivity index (χ3n) is 5.64. The van der Waals surface area contributed by atoms with Crippen LogP contribution < -0.4 is 0 Å². The molecule has 17 heavy (non-hydrogen) atoms. The monoisotopic (exact) mass is 232 g/mol. The predicted molar refractivity (Wildman–Crippen MR) is 65.4 cm³/mol. The molecule has 3 aliphatic rings. The van der Waals surface area contributed by atoms with Crippen molar-refractivity contribution in [3.63, 3.8) is 0 Å². The molecule has 0 amide bonds. The van der Waals surface area contributed by atoms with Crippen LogP contribution in [0.2, 0.25) is 0 Å². The molecule has 3 fully saturated rings. The van der Waals surface area contributed by atoms with Crippen molar-refractivity contribution >= 4 is 11.6 Å². The second kappa shape index (κ2) is 3.09. The SMILES string of the molecule is CC1(C)[C@H]2CC[C@]1(C)C(=O)C2=CC(=O)C1CC1. The van der Waals surface area contributed by atoms with Gasteiger partial charge in [-0.05, 0) is 43.1 Å². The first-order chi connectivity index (χ1) is 7.88. The molecule has 3 rings (SSSR count). The van der Waals surface area contributed by atoms with E-state index in [1.54, 1.807) is 6.08 Å². The van der Waals surface area contributed by atoms with Gasteiger partial charge in [0, 0.05) is 16.9 Å². The van der Waals surface area contributed by atoms with Crippen molar-refractivity contribution in [2.45, 2.75) is 46.5 Å². The van der Waals surface area contributed by atoms with Gasteiger partial charge in [-0.1, -0.05) is 20.8 Å². The summed E-state index contributed by atoms with van der Waals surface area (Å²) in [7, 11) is 0. The van der Waals surface area contributed by atoms with E-state index >= 15 is 0 Å². The zero-order chi connectivity index (χ0) is 12.4. The fraction of sp³-hybridized carbons (Fsp3) is 0.733. The number of hydrogen-bond donors (Lipinski definition) is 0. The molecule has 3 saturated carbocycles. The molecule has 0 spiro atoms. The normalized spacial score (nSPS) is 41.2. The third kappa shape index (κ3) is 1.27. The van der Waals surface area contributed by atoms with Crippen molar-refractivity contribution in [2.24, 2.45) is 22.7 Å². The van der Waals surface area contributed by atoms with Crippen LogP contribution in [0.1, 0.15) is 46.5 Å². The van der Waals surface area contributed by atoms with Crippen molar-refractivity contribution in [3.05, 3.63) is 11.6 Å². The molecule has 2 heteroatoms. The zero-order valence-corrected chi connectivity index (χ0v) is 10.9. The van der Waals surface area contributed by atoms with Crippen molar-refractivity contribution in [2.75, 3.05) is 0 Å². The molecule has 92 valence electrons. The molecule has 0 saturated heterocycles. The van der Waals surface area contributed by atoms with E-state index in [-0.39, 0.29) is 28.3 Å². The summed E-state index contributed by atoms with van der Waals surface area (Å²) in [5, 5.41) is 0. The maximum atomic E-state index is 12.5. The van der Waals surface area contributed by atoms with Gasteiger partial charge < -0.3 is 0 Å². The number of carbonyl (C=O) groups excluding carboxylic acids is 2. The van der Waals surface area contributed by atoms with Gasteiger partial charge in [-0.25, -0.2) is 0 Å². The van der Waals surface area contributed by atoms with E-state index in [0.29, 0.717) is 5.92 Å². The fourth-order valence-corrected chi connectivity index (χ4v) is 3.73. The van der Waals surface area contributed by atoms with E-state index in [9.17, 15) is 9.59 Å². The van der Waals surface area contributed by atoms with E-state index < -0.39 is 0 Å². The van der Waals surface area contributed by atoms with Crippen molar-refractivity contribution in [1.82, 2.24) is 0 Å². The highest BCUT2D eigenvalue weighted by atomic mass is 16.1. The minimum atomic E-state index is -0.229. The van der Waals surface area contributed by atoms with Gasteiger partial charge in [0.1, 0.15) is 0 Å². The van der Waals surface area contributed by atoms with Crippen LogP contribution in [-0.2, 0) is 9.59 Å². The molecule has 3 aliphatic carbocycles. The van der Waals surface area contributed by atoms with Crippen LogP contribution in [0, 0.1) is 22.7 Å². The van der Waals surface area contributed by atoms with Crippen LogP contribution in [0.3, 0.4) is 0 Å². The first-order valence-corrected chi connectivity index (χ1v) is 6.68. The molecule has 0 unspecified atom stereocenters. The minimum absolute atomic E-state index is 0.0275. The van der Waals surface area contributed by atoms with Crippen molar-refractivity contribution in [3.8, 4) is 0 Å². The van der Waals surface area contributed by atoms with E-state index in [1.807, 2.05) is 0 Å². The van der Waals surface area contributed by atoms with Gasteiger partial charge >= 0.3 is 0 Å². The second-order valence-corrected chi connectivity index (χ2v) is 6.75. The molecular weight excluding hydrogens is 212 g/mol. The third-order valence-corrected chi connectivity index (χ3v) is 5.64. The molecular formula is C15H20O2. The summed E-state index contributed by atoms with van der Waals surface area (Å²) >= 11 is 0. The Morgan fingerprint density at radius 2 is 1.88 bits per heavy atom. The summed E-state index contributed by atoms with van der Waals surface area (Å²) < 4.78 is 0. The largest absolute Gasteiger partial charge is 0.295 e. The summed E-state index contributed by atoms with van der Waals surface area (Å²) in [5.41, 5.74) is 0.633. The minimum Gasteiger partial charge on any atom is -0.295 e. The lowest BCUT2D eigenvalue weighted by molar-refractivity contribution is -0.125. The number of ketones is 2. The van der Waals surface area contributed by atoms with Gasteiger partial charge in [-0.2, -0.15) is 0 Å². The van der Waals surface area contributed by atoms with Crippen LogP contribution in [0.25, 0.3) is 0 Å². The van der Waals surface area contributed by atoms with Crippen LogP contribution >= 0.6 is 0 Å². The molecule has 2 atom stereocenters. The molecule has 0 aromatic heterocycles. The Morgan fingerprint density at radius 3 is 2.35 bits per heavy atom. The van der Waals surface area contributed by atoms with Gasteiger partial charge in [-0.15, -0.1) is 0 Å². The standard InChI is InChI=1S/C15H20O2/c1-14(2)11-6-7-15(14,3)13(17)10(11)8-12(16)9-4-5-9/h8-9,11H,4-7H2,1-3H3/t11-,15+/m0/s1. The molecule has 0 radical (unpaired) electrons. The summed E-state index contributed by atoms with van der Waals surface area (Å²) in [6, 6.07) is 0. The maximum absolute atomic E-state index is 12.5. The lowest BCUT2D eigenvalue weighted by Crippen LogP contribution is -2.32. The Bertz CT molecular complexity index is 440. The Kier molecular flexibility index (Phi) is 2.04. The van der Waals surface area contributed by atoms with Gasteiger partial charge in [-0.3, -0.25) is 9.59 Å². The zero-order valence-electron chi connectivity index (χ0n) is 10.9. The smallest absolute Gasteiger partial charge is 0.165 e.